The van der Waals surface area contributed by atoms with Crippen LogP contribution in [0.4, 0.5) is 0 Å². The molecule has 1 aliphatic carbocycles. The number of nitrogens with two attached hydrogens (primary N) is 1. The first kappa shape index (κ1) is 8.78. The van der Waals surface area contributed by atoms with Crippen LogP contribution in [-0.2, 0) is 13.1 Å². The van der Waals surface area contributed by atoms with E-state index in [1.165, 1.54) is 12.8 Å². The lowest BCUT2D eigenvalue weighted by Crippen LogP contribution is -2.19. The Hall–Kier alpha value is -0.800. The van der Waals surface area contributed by atoms with Gasteiger partial charge in [0.25, 0.3) is 0 Å². The van der Waals surface area contributed by atoms with Gasteiger partial charge in [0.2, 0.25) is 0 Å². The van der Waals surface area contributed by atoms with E-state index < -0.39 is 0 Å². The number of rotatable bonds is 4. The Kier molecular flexibility index (Phi) is 2.38. The Labute approximate surface area is 78.5 Å². The molecule has 0 radical (unpaired) electrons. The van der Waals surface area contributed by atoms with E-state index in [4.69, 9.17) is 10.2 Å². The van der Waals surface area contributed by atoms with Crippen molar-refractivity contribution in [3.8, 4) is 0 Å². The highest BCUT2D eigenvalue weighted by atomic mass is 16.3. The van der Waals surface area contributed by atoms with Crippen LogP contribution in [-0.4, -0.2) is 18.0 Å². The number of furan rings is 1. The summed E-state index contributed by atoms with van der Waals surface area (Å²) in [6.45, 7) is 1.47. The van der Waals surface area contributed by atoms with E-state index in [0.29, 0.717) is 6.54 Å². The molecule has 1 aromatic rings. The van der Waals surface area contributed by atoms with Gasteiger partial charge in [-0.3, -0.25) is 4.90 Å². The molecule has 0 amide bonds. The minimum atomic E-state index is 0.566. The molecular weight excluding hydrogens is 164 g/mol. The molecule has 2 rings (SSSR count). The maximum atomic E-state index is 5.49. The first-order valence-electron chi connectivity index (χ1n) is 4.76. The van der Waals surface area contributed by atoms with Crippen LogP contribution >= 0.6 is 0 Å². The third kappa shape index (κ3) is 2.11. The van der Waals surface area contributed by atoms with Crippen molar-refractivity contribution in [1.29, 1.82) is 0 Å². The molecule has 13 heavy (non-hydrogen) atoms. The molecule has 0 atom stereocenters. The van der Waals surface area contributed by atoms with Crippen molar-refractivity contribution in [3.63, 3.8) is 0 Å². The fraction of sp³-hybridized carbons (Fsp3) is 0.600. The summed E-state index contributed by atoms with van der Waals surface area (Å²) in [7, 11) is 2.14. The van der Waals surface area contributed by atoms with Gasteiger partial charge in [-0.15, -0.1) is 0 Å². The van der Waals surface area contributed by atoms with Gasteiger partial charge in [-0.25, -0.2) is 0 Å². The van der Waals surface area contributed by atoms with E-state index >= 15 is 0 Å². The van der Waals surface area contributed by atoms with Crippen molar-refractivity contribution in [2.24, 2.45) is 5.73 Å². The number of hydrogen-bond acceptors (Lipinski definition) is 3. The lowest BCUT2D eigenvalue weighted by atomic mass is 10.3. The Bertz CT molecular complexity index is 278. The maximum Gasteiger partial charge on any atom is 0.118 e. The van der Waals surface area contributed by atoms with Crippen molar-refractivity contribution in [3.05, 3.63) is 23.7 Å². The van der Waals surface area contributed by atoms with Gasteiger partial charge in [-0.1, -0.05) is 0 Å². The van der Waals surface area contributed by atoms with Crippen LogP contribution in [0, 0.1) is 0 Å². The molecule has 0 spiro atoms. The van der Waals surface area contributed by atoms with E-state index in [1.54, 1.807) is 6.26 Å². The first-order valence-corrected chi connectivity index (χ1v) is 4.76. The van der Waals surface area contributed by atoms with Crippen LogP contribution in [0.25, 0.3) is 0 Å². The van der Waals surface area contributed by atoms with E-state index in [-0.39, 0.29) is 0 Å². The molecule has 1 aliphatic rings. The fourth-order valence-corrected chi connectivity index (χ4v) is 1.51. The normalized spacial score (nSPS) is 16.8. The summed E-state index contributed by atoms with van der Waals surface area (Å²) in [6.07, 6.45) is 4.41. The molecule has 1 saturated carbocycles. The largest absolute Gasteiger partial charge is 0.468 e. The molecule has 2 N–H and O–H groups in total. The van der Waals surface area contributed by atoms with Crippen molar-refractivity contribution >= 4 is 0 Å². The van der Waals surface area contributed by atoms with Crippen molar-refractivity contribution in [2.75, 3.05) is 7.05 Å². The monoisotopic (exact) mass is 180 g/mol. The molecule has 0 saturated heterocycles. The van der Waals surface area contributed by atoms with Crippen molar-refractivity contribution < 1.29 is 4.42 Å². The highest BCUT2D eigenvalue weighted by molar-refractivity contribution is 5.12. The second-order valence-electron chi connectivity index (χ2n) is 3.77. The zero-order chi connectivity index (χ0) is 9.26. The number of hydrogen-bond donors (Lipinski definition) is 1. The van der Waals surface area contributed by atoms with Crippen molar-refractivity contribution in [2.45, 2.75) is 32.0 Å². The summed E-state index contributed by atoms with van der Waals surface area (Å²) in [5, 5.41) is 0. The van der Waals surface area contributed by atoms with E-state index in [1.807, 2.05) is 6.07 Å². The summed E-state index contributed by atoms with van der Waals surface area (Å²) in [6, 6.07) is 2.82. The summed E-state index contributed by atoms with van der Waals surface area (Å²) in [5.41, 5.74) is 6.58. The first-order chi connectivity index (χ1) is 6.29. The summed E-state index contributed by atoms with van der Waals surface area (Å²) in [4.78, 5) is 2.33. The molecule has 1 fully saturated rings. The third-order valence-electron chi connectivity index (χ3n) is 2.52. The van der Waals surface area contributed by atoms with Gasteiger partial charge >= 0.3 is 0 Å². The molecular formula is C10H16N2O. The molecule has 3 nitrogen and oxygen atoms in total. The van der Waals surface area contributed by atoms with Gasteiger partial charge in [-0.2, -0.15) is 0 Å². The predicted octanol–water partition coefficient (Wildman–Crippen LogP) is 1.33. The zero-order valence-electron chi connectivity index (χ0n) is 7.99. The maximum absolute atomic E-state index is 5.49. The average Bonchev–Trinajstić information content (AvgIpc) is 2.88. The molecule has 3 heteroatoms. The lowest BCUT2D eigenvalue weighted by molar-refractivity contribution is 0.286. The van der Waals surface area contributed by atoms with Crippen LogP contribution in [0.1, 0.15) is 24.2 Å². The van der Waals surface area contributed by atoms with Gasteiger partial charge in [0.1, 0.15) is 5.76 Å². The second-order valence-corrected chi connectivity index (χ2v) is 3.77. The Morgan fingerprint density at radius 2 is 2.38 bits per heavy atom. The van der Waals surface area contributed by atoms with Gasteiger partial charge in [0, 0.05) is 18.2 Å². The topological polar surface area (TPSA) is 42.4 Å². The molecule has 1 heterocycles. The highest BCUT2D eigenvalue weighted by Crippen LogP contribution is 2.26. The SMILES string of the molecule is CN(Cc1cc(CN)co1)C1CC1. The third-order valence-corrected chi connectivity index (χ3v) is 2.52. The van der Waals surface area contributed by atoms with Crippen LogP contribution in [0.5, 0.6) is 0 Å². The van der Waals surface area contributed by atoms with E-state index in [0.717, 1.165) is 23.9 Å². The smallest absolute Gasteiger partial charge is 0.118 e. The van der Waals surface area contributed by atoms with Gasteiger partial charge in [-0.05, 0) is 26.0 Å². The lowest BCUT2D eigenvalue weighted by Gasteiger charge is -2.12. The molecule has 1 aromatic heterocycles. The van der Waals surface area contributed by atoms with Gasteiger partial charge in [0.15, 0.2) is 0 Å². The van der Waals surface area contributed by atoms with E-state index in [2.05, 4.69) is 11.9 Å². The summed E-state index contributed by atoms with van der Waals surface area (Å²) in [5.74, 6) is 1.02. The minimum Gasteiger partial charge on any atom is -0.468 e. The molecule has 0 bridgehead atoms. The quantitative estimate of drug-likeness (QED) is 0.760. The van der Waals surface area contributed by atoms with Crippen LogP contribution < -0.4 is 5.73 Å². The molecule has 72 valence electrons. The Morgan fingerprint density at radius 3 is 2.92 bits per heavy atom. The molecule has 0 aliphatic heterocycles. The minimum absolute atomic E-state index is 0.566. The van der Waals surface area contributed by atoms with Crippen molar-refractivity contribution in [1.82, 2.24) is 4.90 Å². The average molecular weight is 180 g/mol. The zero-order valence-corrected chi connectivity index (χ0v) is 7.99. The Morgan fingerprint density at radius 1 is 1.62 bits per heavy atom. The standard InChI is InChI=1S/C10H16N2O/c1-12(9-2-3-9)6-10-4-8(5-11)7-13-10/h4,7,9H,2-3,5-6,11H2,1H3. The molecule has 0 unspecified atom stereocenters. The van der Waals surface area contributed by atoms with Crippen LogP contribution in [0.3, 0.4) is 0 Å². The van der Waals surface area contributed by atoms with Crippen LogP contribution in [0.15, 0.2) is 16.7 Å². The summed E-state index contributed by atoms with van der Waals surface area (Å²) >= 11 is 0. The molecule has 0 aromatic carbocycles. The number of nitrogens with zero attached hydrogens (tertiary/aromatic N) is 1. The Balaban J connectivity index is 1.92. The fourth-order valence-electron chi connectivity index (χ4n) is 1.51. The van der Waals surface area contributed by atoms with Gasteiger partial charge < -0.3 is 10.2 Å². The van der Waals surface area contributed by atoms with Crippen LogP contribution in [0.2, 0.25) is 0 Å². The predicted molar refractivity (Wildman–Crippen MR) is 51.1 cm³/mol. The van der Waals surface area contributed by atoms with Gasteiger partial charge in [0.05, 0.1) is 12.8 Å². The van der Waals surface area contributed by atoms with E-state index in [9.17, 15) is 0 Å². The summed E-state index contributed by atoms with van der Waals surface area (Å²) < 4.78 is 5.38. The second kappa shape index (κ2) is 3.52. The highest BCUT2D eigenvalue weighted by Gasteiger charge is 2.26.